The third kappa shape index (κ3) is 4.49. The maximum atomic E-state index is 3.73. The van der Waals surface area contributed by atoms with Crippen LogP contribution in [0.1, 0.15) is 0 Å². The van der Waals surface area contributed by atoms with E-state index in [2.05, 4.69) is 168 Å². The van der Waals surface area contributed by atoms with Crippen LogP contribution in [0.4, 0.5) is 22.7 Å². The normalized spacial score (nSPS) is 11.3. The van der Waals surface area contributed by atoms with Gasteiger partial charge in [-0.25, -0.2) is 0 Å². The Morgan fingerprint density at radius 2 is 0.786 bits per heavy atom. The van der Waals surface area contributed by atoms with E-state index in [4.69, 9.17) is 0 Å². The zero-order valence-corrected chi connectivity index (χ0v) is 23.0. The third-order valence-corrected chi connectivity index (χ3v) is 8.15. The number of rotatable bonds is 5. The van der Waals surface area contributed by atoms with Crippen molar-refractivity contribution >= 4 is 65.8 Å². The molecule has 2 nitrogen and oxygen atoms in total. The van der Waals surface area contributed by atoms with E-state index in [9.17, 15) is 0 Å². The molecule has 0 atom stereocenters. The molecule has 0 spiro atoms. The summed E-state index contributed by atoms with van der Waals surface area (Å²) in [5.41, 5.74) is 6.81. The largest absolute Gasteiger partial charge is 0.355 e. The zero-order valence-electron chi connectivity index (χ0n) is 23.0. The maximum absolute atomic E-state index is 3.73. The minimum atomic E-state index is 1.08. The van der Waals surface area contributed by atoms with E-state index in [0.717, 1.165) is 22.7 Å². The van der Waals surface area contributed by atoms with E-state index in [1.165, 1.54) is 54.2 Å². The first-order valence-corrected chi connectivity index (χ1v) is 14.3. The number of anilines is 4. The fourth-order valence-electron chi connectivity index (χ4n) is 5.98. The van der Waals surface area contributed by atoms with Crippen molar-refractivity contribution in [3.05, 3.63) is 158 Å². The molecule has 8 aromatic carbocycles. The molecule has 198 valence electrons. The van der Waals surface area contributed by atoms with Crippen molar-refractivity contribution in [1.29, 1.82) is 0 Å². The van der Waals surface area contributed by atoms with Crippen molar-refractivity contribution < 1.29 is 0 Å². The minimum absolute atomic E-state index is 1.08. The lowest BCUT2D eigenvalue weighted by Crippen LogP contribution is -1.93. The number of hydrogen-bond acceptors (Lipinski definition) is 2. The number of benzene rings is 8. The van der Waals surface area contributed by atoms with Gasteiger partial charge >= 0.3 is 0 Å². The van der Waals surface area contributed by atoms with Crippen LogP contribution < -0.4 is 10.6 Å². The van der Waals surface area contributed by atoms with Gasteiger partial charge in [0.1, 0.15) is 0 Å². The molecule has 0 saturated carbocycles. The van der Waals surface area contributed by atoms with Gasteiger partial charge in [0.2, 0.25) is 0 Å². The molecule has 0 aromatic heterocycles. The topological polar surface area (TPSA) is 24.1 Å². The second kappa shape index (κ2) is 10.1. The number of fused-ring (bicyclic) bond motifs is 4. The molecule has 0 fully saturated rings. The molecule has 0 aliphatic rings. The third-order valence-electron chi connectivity index (χ3n) is 8.15. The molecule has 42 heavy (non-hydrogen) atoms. The van der Waals surface area contributed by atoms with Gasteiger partial charge in [-0.2, -0.15) is 0 Å². The van der Waals surface area contributed by atoms with Gasteiger partial charge in [0.05, 0.1) is 0 Å². The van der Waals surface area contributed by atoms with E-state index in [1.807, 2.05) is 0 Å². The summed E-state index contributed by atoms with van der Waals surface area (Å²) in [6, 6.07) is 56.4. The van der Waals surface area contributed by atoms with E-state index < -0.39 is 0 Å². The Kier molecular flexibility index (Phi) is 5.82. The quantitative estimate of drug-likeness (QED) is 0.229. The highest BCUT2D eigenvalue weighted by molar-refractivity contribution is 6.02. The molecule has 0 radical (unpaired) electrons. The molecular weight excluding hydrogens is 508 g/mol. The molecule has 0 saturated heterocycles. The van der Waals surface area contributed by atoms with Gasteiger partial charge in [0.15, 0.2) is 0 Å². The van der Waals surface area contributed by atoms with Crippen molar-refractivity contribution in [2.75, 3.05) is 10.6 Å². The van der Waals surface area contributed by atoms with Gasteiger partial charge in [-0.15, -0.1) is 0 Å². The first-order chi connectivity index (χ1) is 20.8. The first kappa shape index (κ1) is 24.2. The fourth-order valence-corrected chi connectivity index (χ4v) is 5.98. The summed E-state index contributed by atoms with van der Waals surface area (Å²) in [4.78, 5) is 0. The Bertz CT molecular complexity index is 2260. The average molecular weight is 537 g/mol. The highest BCUT2D eigenvalue weighted by Gasteiger charge is 2.08. The summed E-state index contributed by atoms with van der Waals surface area (Å²) < 4.78 is 0. The second-order valence-electron chi connectivity index (χ2n) is 10.9. The van der Waals surface area contributed by atoms with Gasteiger partial charge in [-0.1, -0.05) is 109 Å². The molecule has 0 bridgehead atoms. The van der Waals surface area contributed by atoms with Crippen LogP contribution in [0.2, 0.25) is 0 Å². The molecule has 0 unspecified atom stereocenters. The molecule has 8 rings (SSSR count). The van der Waals surface area contributed by atoms with Crippen molar-refractivity contribution in [2.24, 2.45) is 0 Å². The lowest BCUT2D eigenvalue weighted by atomic mass is 9.97. The van der Waals surface area contributed by atoms with E-state index in [-0.39, 0.29) is 0 Å². The monoisotopic (exact) mass is 536 g/mol. The summed E-state index contributed by atoms with van der Waals surface area (Å²) in [5.74, 6) is 0. The van der Waals surface area contributed by atoms with Crippen molar-refractivity contribution in [3.8, 4) is 11.1 Å². The highest BCUT2D eigenvalue weighted by atomic mass is 14.9. The minimum Gasteiger partial charge on any atom is -0.355 e. The second-order valence-corrected chi connectivity index (χ2v) is 10.9. The fraction of sp³-hybridized carbons (Fsp3) is 0. The molecular formula is C40H28N2. The Balaban J connectivity index is 1.11. The lowest BCUT2D eigenvalue weighted by molar-refractivity contribution is 1.58. The van der Waals surface area contributed by atoms with Crippen LogP contribution in [0.3, 0.4) is 0 Å². The molecule has 0 amide bonds. The Morgan fingerprint density at radius 3 is 1.57 bits per heavy atom. The van der Waals surface area contributed by atoms with Crippen LogP contribution in [0.5, 0.6) is 0 Å². The van der Waals surface area contributed by atoms with E-state index in [0.29, 0.717) is 0 Å². The molecule has 0 aliphatic carbocycles. The van der Waals surface area contributed by atoms with Crippen molar-refractivity contribution in [1.82, 2.24) is 0 Å². The van der Waals surface area contributed by atoms with Crippen LogP contribution in [0, 0.1) is 0 Å². The van der Waals surface area contributed by atoms with Crippen molar-refractivity contribution in [3.63, 3.8) is 0 Å². The van der Waals surface area contributed by atoms with E-state index >= 15 is 0 Å². The number of nitrogens with one attached hydrogen (secondary N) is 2. The lowest BCUT2D eigenvalue weighted by Gasteiger charge is -2.14. The van der Waals surface area contributed by atoms with Crippen LogP contribution >= 0.6 is 0 Å². The smallest absolute Gasteiger partial charge is 0.0464 e. The number of hydrogen-bond donors (Lipinski definition) is 2. The average Bonchev–Trinajstić information content (AvgIpc) is 3.04. The Labute approximate surface area is 244 Å². The van der Waals surface area contributed by atoms with Crippen LogP contribution in [0.15, 0.2) is 158 Å². The maximum Gasteiger partial charge on any atom is 0.0464 e. The summed E-state index contributed by atoms with van der Waals surface area (Å²) in [6.45, 7) is 0. The molecule has 2 N–H and O–H groups in total. The summed E-state index contributed by atoms with van der Waals surface area (Å²) in [7, 11) is 0. The Morgan fingerprint density at radius 1 is 0.286 bits per heavy atom. The van der Waals surface area contributed by atoms with Gasteiger partial charge in [-0.05, 0) is 92.0 Å². The summed E-state index contributed by atoms with van der Waals surface area (Å²) in [5, 5.41) is 17.1. The van der Waals surface area contributed by atoms with Crippen molar-refractivity contribution in [2.45, 2.75) is 0 Å². The van der Waals surface area contributed by atoms with E-state index in [1.54, 1.807) is 0 Å². The van der Waals surface area contributed by atoms with Crippen LogP contribution in [0.25, 0.3) is 54.2 Å². The first-order valence-electron chi connectivity index (χ1n) is 14.3. The predicted octanol–water partition coefficient (Wildman–Crippen LogP) is 11.5. The standard InChI is InChI=1S/C40H28N2/c1-2-9-30-24-35(21-19-27(30)7-1)41-36-22-20-32-23-31(17-18-33(32)25-36)34-16-15-29-11-6-14-40(38(29)26-34)42-39-13-5-10-28-8-3-4-12-37(28)39/h1-26,41-42H. The van der Waals surface area contributed by atoms with Gasteiger partial charge < -0.3 is 10.6 Å². The van der Waals surface area contributed by atoms with Crippen LogP contribution in [-0.4, -0.2) is 0 Å². The van der Waals surface area contributed by atoms with Gasteiger partial charge in [-0.3, -0.25) is 0 Å². The molecule has 8 aromatic rings. The van der Waals surface area contributed by atoms with Gasteiger partial charge in [0.25, 0.3) is 0 Å². The summed E-state index contributed by atoms with van der Waals surface area (Å²) >= 11 is 0. The molecule has 0 aliphatic heterocycles. The molecule has 2 heteroatoms. The predicted molar refractivity (Wildman–Crippen MR) is 181 cm³/mol. The zero-order chi connectivity index (χ0) is 27.9. The SMILES string of the molecule is c1ccc2cc(Nc3ccc4cc(-c5ccc6cccc(Nc7cccc8ccccc78)c6c5)ccc4c3)ccc2c1. The highest BCUT2D eigenvalue weighted by Crippen LogP contribution is 2.34. The molecule has 0 heterocycles. The van der Waals surface area contributed by atoms with Gasteiger partial charge in [0, 0.05) is 33.5 Å². The van der Waals surface area contributed by atoms with Crippen LogP contribution in [-0.2, 0) is 0 Å². The Hall–Kier alpha value is -5.60. The summed E-state index contributed by atoms with van der Waals surface area (Å²) in [6.07, 6.45) is 0.